The van der Waals surface area contributed by atoms with Crippen LogP contribution < -0.4 is 5.32 Å². The number of aromatic nitrogens is 2. The van der Waals surface area contributed by atoms with Gasteiger partial charge >= 0.3 is 0 Å². The summed E-state index contributed by atoms with van der Waals surface area (Å²) in [7, 11) is 0. The van der Waals surface area contributed by atoms with Gasteiger partial charge in [0.2, 0.25) is 0 Å². The Hall–Kier alpha value is -1.40. The summed E-state index contributed by atoms with van der Waals surface area (Å²) in [5, 5.41) is 14.4. The number of aliphatic hydroxyl groups excluding tert-OH is 1. The zero-order valence-electron chi connectivity index (χ0n) is 18.9. The molecule has 1 aliphatic heterocycles. The van der Waals surface area contributed by atoms with E-state index in [0.717, 1.165) is 75.2 Å². The summed E-state index contributed by atoms with van der Waals surface area (Å²) < 4.78 is 5.83. The number of rotatable bonds is 6. The molecule has 2 aliphatic rings. The minimum atomic E-state index is -0.148. The molecule has 2 aromatic heterocycles. The quantitative estimate of drug-likeness (QED) is 0.463. The zero-order chi connectivity index (χ0) is 22.7. The topological polar surface area (TPSA) is 67.3 Å². The number of halogens is 2. The normalized spacial score (nSPS) is 24.7. The van der Waals surface area contributed by atoms with Crippen LogP contribution in [0.25, 0.3) is 11.3 Å². The Morgan fingerprint density at radius 2 is 1.85 bits per heavy atom. The van der Waals surface area contributed by atoms with E-state index in [-0.39, 0.29) is 19.1 Å². The summed E-state index contributed by atoms with van der Waals surface area (Å²) in [4.78, 5) is 9.35. The summed E-state index contributed by atoms with van der Waals surface area (Å²) in [5.74, 6) is 1.88. The van der Waals surface area contributed by atoms with Gasteiger partial charge in [-0.05, 0) is 88.8 Å². The van der Waals surface area contributed by atoms with E-state index in [4.69, 9.17) is 32.9 Å². The molecule has 3 heterocycles. The van der Waals surface area contributed by atoms with Crippen molar-refractivity contribution < 1.29 is 9.84 Å². The van der Waals surface area contributed by atoms with Gasteiger partial charge in [0.15, 0.2) is 0 Å². The number of nitrogens with one attached hydrogen (secondary N) is 1. The molecule has 0 bridgehead atoms. The average Bonchev–Trinajstić information content (AvgIpc) is 2.75. The third kappa shape index (κ3) is 7.05. The second-order valence-corrected chi connectivity index (χ2v) is 10.7. The van der Waals surface area contributed by atoms with Crippen molar-refractivity contribution in [3.8, 4) is 11.3 Å². The van der Waals surface area contributed by atoms with Crippen LogP contribution in [0.2, 0.25) is 10.0 Å². The first-order valence-corrected chi connectivity index (χ1v) is 12.4. The van der Waals surface area contributed by atoms with Crippen LogP contribution in [0.3, 0.4) is 0 Å². The van der Waals surface area contributed by atoms with Gasteiger partial charge in [0.1, 0.15) is 5.82 Å². The van der Waals surface area contributed by atoms with Crippen LogP contribution in [0, 0.1) is 11.8 Å². The number of pyridine rings is 2. The lowest BCUT2D eigenvalue weighted by Crippen LogP contribution is -2.36. The smallest absolute Gasteiger partial charge is 0.126 e. The highest BCUT2D eigenvalue weighted by Crippen LogP contribution is 2.35. The van der Waals surface area contributed by atoms with Gasteiger partial charge in [0, 0.05) is 30.6 Å². The minimum Gasteiger partial charge on any atom is -0.393 e. The van der Waals surface area contributed by atoms with Gasteiger partial charge in [-0.15, -0.1) is 0 Å². The summed E-state index contributed by atoms with van der Waals surface area (Å²) in [6.45, 7) is 5.95. The largest absolute Gasteiger partial charge is 0.393 e. The standard InChI is InChI=1S/C25H33Cl2N3O2.CH4/c1-25(2)13-17(9-10-32-25)14-29-23-8-7-21(26)24(30-23)20-12-18(28-15-22(20)27)11-16-3-5-19(31)6-4-16;/h7-8,12,15-17,19,31H,3-6,9-11,13-14H2,1-2H3,(H,29,30);1H4. The maximum absolute atomic E-state index is 9.76. The molecule has 7 heteroatoms. The number of nitrogens with zero attached hydrogens (tertiary/aromatic N) is 2. The van der Waals surface area contributed by atoms with Gasteiger partial charge in [-0.25, -0.2) is 4.98 Å². The first-order chi connectivity index (χ1) is 15.3. The zero-order valence-corrected chi connectivity index (χ0v) is 20.4. The number of aliphatic hydroxyl groups is 1. The Morgan fingerprint density at radius 1 is 1.09 bits per heavy atom. The third-order valence-corrected chi connectivity index (χ3v) is 7.30. The first-order valence-electron chi connectivity index (χ1n) is 11.7. The van der Waals surface area contributed by atoms with E-state index in [1.165, 1.54) is 0 Å². The molecule has 2 fully saturated rings. The van der Waals surface area contributed by atoms with E-state index in [1.807, 2.05) is 18.2 Å². The van der Waals surface area contributed by atoms with Crippen LogP contribution in [0.5, 0.6) is 0 Å². The van der Waals surface area contributed by atoms with Gasteiger partial charge in [-0.2, -0.15) is 0 Å². The van der Waals surface area contributed by atoms with E-state index < -0.39 is 0 Å². The molecule has 33 heavy (non-hydrogen) atoms. The molecule has 1 saturated carbocycles. The fourth-order valence-electron chi connectivity index (χ4n) is 4.93. The monoisotopic (exact) mass is 493 g/mol. The van der Waals surface area contributed by atoms with Crippen molar-refractivity contribution in [1.29, 1.82) is 0 Å². The molecule has 1 atom stereocenters. The van der Waals surface area contributed by atoms with Crippen LogP contribution in [0.1, 0.15) is 65.5 Å². The fraction of sp³-hybridized carbons (Fsp3) is 0.615. The lowest BCUT2D eigenvalue weighted by atomic mass is 9.84. The SMILES string of the molecule is C.CC1(C)CC(CNc2ccc(Cl)c(-c3cc(CC4CCC(O)CC4)ncc3Cl)n2)CCO1. The minimum absolute atomic E-state index is 0. The van der Waals surface area contributed by atoms with E-state index in [9.17, 15) is 5.11 Å². The van der Waals surface area contributed by atoms with Crippen LogP contribution in [0.4, 0.5) is 5.82 Å². The molecule has 4 rings (SSSR count). The van der Waals surface area contributed by atoms with Gasteiger partial charge in [-0.1, -0.05) is 30.6 Å². The van der Waals surface area contributed by atoms with E-state index >= 15 is 0 Å². The molecular formula is C26H37Cl2N3O2. The summed E-state index contributed by atoms with van der Waals surface area (Å²) in [5.41, 5.74) is 2.41. The van der Waals surface area contributed by atoms with Gasteiger partial charge in [0.25, 0.3) is 0 Å². The predicted octanol–water partition coefficient (Wildman–Crippen LogP) is 6.80. The Kier molecular flexibility index (Phi) is 9.02. The van der Waals surface area contributed by atoms with E-state index in [2.05, 4.69) is 24.1 Å². The molecule has 5 nitrogen and oxygen atoms in total. The van der Waals surface area contributed by atoms with E-state index in [1.54, 1.807) is 6.20 Å². The van der Waals surface area contributed by atoms with Crippen molar-refractivity contribution in [2.75, 3.05) is 18.5 Å². The van der Waals surface area contributed by atoms with Crippen molar-refractivity contribution >= 4 is 29.0 Å². The number of anilines is 1. The van der Waals surface area contributed by atoms with Crippen molar-refractivity contribution in [3.05, 3.63) is 40.1 Å². The second-order valence-electron chi connectivity index (χ2n) is 9.91. The van der Waals surface area contributed by atoms with E-state index in [0.29, 0.717) is 27.6 Å². The Balaban J connectivity index is 0.00000306. The molecule has 182 valence electrons. The maximum Gasteiger partial charge on any atom is 0.126 e. The first kappa shape index (κ1) is 26.2. The highest BCUT2D eigenvalue weighted by atomic mass is 35.5. The molecule has 0 aromatic carbocycles. The molecule has 1 saturated heterocycles. The summed E-state index contributed by atoms with van der Waals surface area (Å²) >= 11 is 13.1. The fourth-order valence-corrected chi connectivity index (χ4v) is 5.33. The van der Waals surface area contributed by atoms with Crippen LogP contribution in [-0.2, 0) is 11.2 Å². The summed E-state index contributed by atoms with van der Waals surface area (Å²) in [6.07, 6.45) is 8.31. The molecule has 0 spiro atoms. The molecule has 2 aromatic rings. The second kappa shape index (κ2) is 11.4. The van der Waals surface area contributed by atoms with Gasteiger partial charge in [0.05, 0.1) is 27.4 Å². The highest BCUT2D eigenvalue weighted by molar-refractivity contribution is 6.36. The number of hydrogen-bond acceptors (Lipinski definition) is 5. The molecule has 1 unspecified atom stereocenters. The number of ether oxygens (including phenoxy) is 1. The molecule has 2 N–H and O–H groups in total. The van der Waals surface area contributed by atoms with Gasteiger partial charge in [-0.3, -0.25) is 4.98 Å². The Morgan fingerprint density at radius 3 is 2.58 bits per heavy atom. The molecule has 0 radical (unpaired) electrons. The summed E-state index contributed by atoms with van der Waals surface area (Å²) in [6, 6.07) is 5.81. The Labute approximate surface area is 208 Å². The predicted molar refractivity (Wildman–Crippen MR) is 137 cm³/mol. The Bertz CT molecular complexity index is 930. The lowest BCUT2D eigenvalue weighted by molar-refractivity contribution is -0.0699. The maximum atomic E-state index is 9.76. The highest BCUT2D eigenvalue weighted by Gasteiger charge is 2.28. The molecule has 0 amide bonds. The molecule has 1 aliphatic carbocycles. The van der Waals surface area contributed by atoms with Crippen molar-refractivity contribution in [2.45, 2.75) is 77.9 Å². The van der Waals surface area contributed by atoms with Crippen LogP contribution >= 0.6 is 23.2 Å². The number of hydrogen-bond donors (Lipinski definition) is 2. The average molecular weight is 495 g/mol. The van der Waals surface area contributed by atoms with Gasteiger partial charge < -0.3 is 15.2 Å². The van der Waals surface area contributed by atoms with Crippen molar-refractivity contribution in [1.82, 2.24) is 9.97 Å². The van der Waals surface area contributed by atoms with Crippen LogP contribution in [-0.4, -0.2) is 39.9 Å². The third-order valence-electron chi connectivity index (χ3n) is 6.70. The van der Waals surface area contributed by atoms with Crippen molar-refractivity contribution in [3.63, 3.8) is 0 Å². The lowest BCUT2D eigenvalue weighted by Gasteiger charge is -2.35. The van der Waals surface area contributed by atoms with Crippen LogP contribution in [0.15, 0.2) is 24.4 Å². The molecular weight excluding hydrogens is 457 g/mol. The van der Waals surface area contributed by atoms with Crippen molar-refractivity contribution in [2.24, 2.45) is 11.8 Å².